The number of likely N-dealkylation sites (tertiary alicyclic amines) is 1. The molecule has 140 valence electrons. The third-order valence-electron chi connectivity index (χ3n) is 4.90. The van der Waals surface area contributed by atoms with Crippen LogP contribution in [0.15, 0.2) is 54.6 Å². The highest BCUT2D eigenvalue weighted by atomic mass is 35.5. The molecule has 0 aliphatic carbocycles. The zero-order chi connectivity index (χ0) is 17.6. The van der Waals surface area contributed by atoms with Crippen LogP contribution in [0, 0.1) is 0 Å². The zero-order valence-corrected chi connectivity index (χ0v) is 16.1. The molecular weight excluding hydrogens is 346 g/mol. The van der Waals surface area contributed by atoms with E-state index in [1.165, 1.54) is 5.56 Å². The van der Waals surface area contributed by atoms with Gasteiger partial charge in [-0.1, -0.05) is 30.3 Å². The van der Waals surface area contributed by atoms with Gasteiger partial charge in [-0.05, 0) is 49.6 Å². The largest absolute Gasteiger partial charge is 0.367 e. The van der Waals surface area contributed by atoms with Crippen LogP contribution in [-0.2, 0) is 6.54 Å². The van der Waals surface area contributed by atoms with Crippen LogP contribution in [-0.4, -0.2) is 36.5 Å². The maximum atomic E-state index is 12.6. The van der Waals surface area contributed by atoms with Crippen LogP contribution in [0.2, 0.25) is 0 Å². The Bertz CT molecular complexity index is 682. The number of carbonyl (C=O) groups excluding carboxylic acids is 1. The van der Waals surface area contributed by atoms with Crippen LogP contribution < -0.4 is 10.6 Å². The molecule has 0 aromatic heterocycles. The molecule has 2 aromatic carbocycles. The van der Waals surface area contributed by atoms with Crippen LogP contribution in [0.1, 0.15) is 35.7 Å². The first kappa shape index (κ1) is 20.3. The van der Waals surface area contributed by atoms with E-state index >= 15 is 0 Å². The highest BCUT2D eigenvalue weighted by Crippen LogP contribution is 2.20. The van der Waals surface area contributed by atoms with E-state index in [1.807, 2.05) is 23.1 Å². The van der Waals surface area contributed by atoms with Crippen LogP contribution in [0.4, 0.5) is 5.69 Å². The average molecular weight is 374 g/mol. The third kappa shape index (κ3) is 4.99. The van der Waals surface area contributed by atoms with Crippen molar-refractivity contribution in [2.24, 2.45) is 5.73 Å². The summed E-state index contributed by atoms with van der Waals surface area (Å²) in [5.74, 6) is 0.115. The van der Waals surface area contributed by atoms with Crippen molar-refractivity contribution in [1.29, 1.82) is 0 Å². The van der Waals surface area contributed by atoms with Crippen molar-refractivity contribution in [3.05, 3.63) is 65.7 Å². The van der Waals surface area contributed by atoms with Gasteiger partial charge in [0.2, 0.25) is 0 Å². The maximum absolute atomic E-state index is 12.6. The highest BCUT2D eigenvalue weighted by molar-refractivity contribution is 5.94. The second-order valence-corrected chi connectivity index (χ2v) is 6.68. The normalized spacial score (nSPS) is 14.6. The average Bonchev–Trinajstić information content (AvgIpc) is 2.67. The summed E-state index contributed by atoms with van der Waals surface area (Å²) in [6.45, 7) is 5.47. The SMILES string of the molecule is CCN(Cc1ccccc1)c1ccc(C(=O)N2CCC(N)CC2)cc1.Cl. The van der Waals surface area contributed by atoms with Gasteiger partial charge >= 0.3 is 0 Å². The van der Waals surface area contributed by atoms with Crippen molar-refractivity contribution in [3.63, 3.8) is 0 Å². The summed E-state index contributed by atoms with van der Waals surface area (Å²) in [7, 11) is 0. The summed E-state index contributed by atoms with van der Waals surface area (Å²) in [4.78, 5) is 16.8. The lowest BCUT2D eigenvalue weighted by Gasteiger charge is -2.30. The first-order valence-electron chi connectivity index (χ1n) is 9.11. The predicted octanol–water partition coefficient (Wildman–Crippen LogP) is 3.70. The Morgan fingerprint density at radius 1 is 1.08 bits per heavy atom. The monoisotopic (exact) mass is 373 g/mol. The number of piperidine rings is 1. The molecule has 0 atom stereocenters. The molecule has 26 heavy (non-hydrogen) atoms. The first-order chi connectivity index (χ1) is 12.2. The molecule has 0 unspecified atom stereocenters. The van der Waals surface area contributed by atoms with Gasteiger partial charge in [-0.3, -0.25) is 4.79 Å². The minimum atomic E-state index is 0. The van der Waals surface area contributed by atoms with E-state index in [0.717, 1.165) is 50.3 Å². The van der Waals surface area contributed by atoms with E-state index in [0.29, 0.717) is 0 Å². The van der Waals surface area contributed by atoms with Crippen molar-refractivity contribution in [2.45, 2.75) is 32.4 Å². The van der Waals surface area contributed by atoms with E-state index < -0.39 is 0 Å². The van der Waals surface area contributed by atoms with Gasteiger partial charge in [-0.25, -0.2) is 0 Å². The Kier molecular flexibility index (Phi) is 7.49. The van der Waals surface area contributed by atoms with E-state index in [2.05, 4.69) is 48.2 Å². The van der Waals surface area contributed by atoms with Crippen LogP contribution in [0.5, 0.6) is 0 Å². The molecule has 1 fully saturated rings. The van der Waals surface area contributed by atoms with Crippen molar-refractivity contribution in [1.82, 2.24) is 4.90 Å². The number of halogens is 1. The van der Waals surface area contributed by atoms with Crippen LogP contribution >= 0.6 is 12.4 Å². The summed E-state index contributed by atoms with van der Waals surface area (Å²) >= 11 is 0. The third-order valence-corrected chi connectivity index (χ3v) is 4.90. The number of benzene rings is 2. The number of nitrogens with zero attached hydrogens (tertiary/aromatic N) is 2. The lowest BCUT2D eigenvalue weighted by atomic mass is 10.0. The second kappa shape index (κ2) is 9.60. The molecule has 0 radical (unpaired) electrons. The lowest BCUT2D eigenvalue weighted by Crippen LogP contribution is -2.42. The molecule has 1 amide bonds. The van der Waals surface area contributed by atoms with Gasteiger partial charge in [0.25, 0.3) is 5.91 Å². The Morgan fingerprint density at radius 2 is 1.69 bits per heavy atom. The van der Waals surface area contributed by atoms with E-state index in [9.17, 15) is 4.79 Å². The van der Waals surface area contributed by atoms with Gasteiger partial charge in [0.05, 0.1) is 0 Å². The number of anilines is 1. The minimum absolute atomic E-state index is 0. The molecular formula is C21H28ClN3O. The summed E-state index contributed by atoms with van der Waals surface area (Å²) < 4.78 is 0. The first-order valence-corrected chi connectivity index (χ1v) is 9.11. The lowest BCUT2D eigenvalue weighted by molar-refractivity contribution is 0.0715. The number of hydrogen-bond acceptors (Lipinski definition) is 3. The van der Waals surface area contributed by atoms with Gasteiger partial charge < -0.3 is 15.5 Å². The molecule has 1 heterocycles. The predicted molar refractivity (Wildman–Crippen MR) is 110 cm³/mol. The Hall–Kier alpha value is -2.04. The van der Waals surface area contributed by atoms with E-state index in [1.54, 1.807) is 0 Å². The molecule has 0 saturated carbocycles. The topological polar surface area (TPSA) is 49.6 Å². The number of hydrogen-bond donors (Lipinski definition) is 1. The summed E-state index contributed by atoms with van der Waals surface area (Å²) in [6.07, 6.45) is 1.79. The van der Waals surface area contributed by atoms with Gasteiger partial charge in [0.1, 0.15) is 0 Å². The molecule has 2 aromatic rings. The fourth-order valence-corrected chi connectivity index (χ4v) is 3.29. The van der Waals surface area contributed by atoms with Crippen LogP contribution in [0.25, 0.3) is 0 Å². The van der Waals surface area contributed by atoms with Gasteiger partial charge in [0.15, 0.2) is 0 Å². The zero-order valence-electron chi connectivity index (χ0n) is 15.3. The molecule has 1 aliphatic heterocycles. The second-order valence-electron chi connectivity index (χ2n) is 6.68. The summed E-state index contributed by atoms with van der Waals surface area (Å²) in [5.41, 5.74) is 9.11. The molecule has 1 saturated heterocycles. The minimum Gasteiger partial charge on any atom is -0.367 e. The van der Waals surface area contributed by atoms with Crippen molar-refractivity contribution < 1.29 is 4.79 Å². The Balaban J connectivity index is 0.00000243. The number of amides is 1. The van der Waals surface area contributed by atoms with Crippen molar-refractivity contribution in [2.75, 3.05) is 24.5 Å². The smallest absolute Gasteiger partial charge is 0.253 e. The van der Waals surface area contributed by atoms with Gasteiger partial charge in [-0.15, -0.1) is 12.4 Å². The molecule has 5 heteroatoms. The van der Waals surface area contributed by atoms with Crippen molar-refractivity contribution in [3.8, 4) is 0 Å². The molecule has 4 nitrogen and oxygen atoms in total. The molecule has 0 spiro atoms. The fourth-order valence-electron chi connectivity index (χ4n) is 3.29. The Morgan fingerprint density at radius 3 is 2.27 bits per heavy atom. The van der Waals surface area contributed by atoms with E-state index in [-0.39, 0.29) is 24.4 Å². The standard InChI is InChI=1S/C21H27N3O.ClH/c1-2-23(16-17-6-4-3-5-7-17)20-10-8-18(9-11-20)21(25)24-14-12-19(22)13-15-24;/h3-11,19H,2,12-16,22H2,1H3;1H. The molecule has 2 N–H and O–H groups in total. The number of rotatable bonds is 5. The number of carbonyl (C=O) groups is 1. The summed E-state index contributed by atoms with van der Waals surface area (Å²) in [5, 5.41) is 0. The molecule has 1 aliphatic rings. The van der Waals surface area contributed by atoms with E-state index in [4.69, 9.17) is 5.73 Å². The highest BCUT2D eigenvalue weighted by Gasteiger charge is 2.21. The fraction of sp³-hybridized carbons (Fsp3) is 0.381. The maximum Gasteiger partial charge on any atom is 0.253 e. The van der Waals surface area contributed by atoms with Gasteiger partial charge in [0, 0.05) is 43.5 Å². The van der Waals surface area contributed by atoms with Crippen molar-refractivity contribution >= 4 is 24.0 Å². The van der Waals surface area contributed by atoms with Gasteiger partial charge in [-0.2, -0.15) is 0 Å². The van der Waals surface area contributed by atoms with Crippen LogP contribution in [0.3, 0.4) is 0 Å². The molecule has 0 bridgehead atoms. The molecule has 3 rings (SSSR count). The Labute approximate surface area is 162 Å². The quantitative estimate of drug-likeness (QED) is 0.869. The summed E-state index contributed by atoms with van der Waals surface area (Å²) in [6, 6.07) is 18.7. The number of nitrogens with two attached hydrogens (primary N) is 1.